The lowest BCUT2D eigenvalue weighted by atomic mass is 9.94. The van der Waals surface area contributed by atoms with Crippen molar-refractivity contribution in [3.8, 4) is 5.75 Å². The maximum atomic E-state index is 6.17. The van der Waals surface area contributed by atoms with E-state index in [9.17, 15) is 0 Å². The van der Waals surface area contributed by atoms with E-state index in [1.54, 1.807) is 0 Å². The minimum Gasteiger partial charge on any atom is -0.491 e. The van der Waals surface area contributed by atoms with Gasteiger partial charge in [-0.1, -0.05) is 48.0 Å². The van der Waals surface area contributed by atoms with Crippen molar-refractivity contribution in [2.24, 2.45) is 0 Å². The van der Waals surface area contributed by atoms with Crippen LogP contribution >= 0.6 is 11.6 Å². The van der Waals surface area contributed by atoms with Crippen LogP contribution in [0.25, 0.3) is 0 Å². The van der Waals surface area contributed by atoms with Crippen LogP contribution in [0.5, 0.6) is 5.75 Å². The van der Waals surface area contributed by atoms with Crippen LogP contribution < -0.4 is 4.74 Å². The highest BCUT2D eigenvalue weighted by Gasteiger charge is 2.30. The fourth-order valence-corrected chi connectivity index (χ4v) is 3.53. The first-order valence-electron chi connectivity index (χ1n) is 8.69. The Morgan fingerprint density at radius 3 is 2.65 bits per heavy atom. The Morgan fingerprint density at radius 1 is 1.12 bits per heavy atom. The molecule has 134 valence electrons. The first-order chi connectivity index (χ1) is 12.7. The predicted octanol–water partition coefficient (Wildman–Crippen LogP) is 4.21. The molecule has 2 aromatic carbocycles. The summed E-state index contributed by atoms with van der Waals surface area (Å²) in [4.78, 5) is 2.33. The van der Waals surface area contributed by atoms with Crippen LogP contribution in [0.15, 0.2) is 52.9 Å². The smallest absolute Gasteiger partial charge is 0.233 e. The van der Waals surface area contributed by atoms with Gasteiger partial charge in [0, 0.05) is 20.0 Å². The van der Waals surface area contributed by atoms with Crippen molar-refractivity contribution >= 4 is 11.6 Å². The van der Waals surface area contributed by atoms with Crippen LogP contribution in [0.1, 0.15) is 29.0 Å². The number of ether oxygens (including phenoxy) is 1. The SMILES string of the molecule is Cc1nnc([C@@H]2Cc3ccccc3CN2CCOc2ccccc2Cl)o1. The second-order valence-electron chi connectivity index (χ2n) is 6.40. The quantitative estimate of drug-likeness (QED) is 0.674. The Hall–Kier alpha value is -2.37. The summed E-state index contributed by atoms with van der Waals surface area (Å²) in [6.07, 6.45) is 0.851. The highest BCUT2D eigenvalue weighted by Crippen LogP contribution is 2.32. The summed E-state index contributed by atoms with van der Waals surface area (Å²) in [5.41, 5.74) is 2.66. The maximum absolute atomic E-state index is 6.17. The Labute approximate surface area is 157 Å². The Kier molecular flexibility index (Phi) is 4.91. The normalized spacial score (nSPS) is 17.1. The summed E-state index contributed by atoms with van der Waals surface area (Å²) in [6.45, 7) is 3.92. The molecule has 3 aromatic rings. The van der Waals surface area contributed by atoms with Crippen LogP contribution in [0.3, 0.4) is 0 Å². The van der Waals surface area contributed by atoms with E-state index in [0.29, 0.717) is 29.2 Å². The molecule has 26 heavy (non-hydrogen) atoms. The van der Waals surface area contributed by atoms with E-state index >= 15 is 0 Å². The number of hydrogen-bond acceptors (Lipinski definition) is 5. The third kappa shape index (κ3) is 3.59. The Morgan fingerprint density at radius 2 is 1.88 bits per heavy atom. The third-order valence-electron chi connectivity index (χ3n) is 4.65. The van der Waals surface area contributed by atoms with E-state index < -0.39 is 0 Å². The summed E-state index contributed by atoms with van der Waals surface area (Å²) < 4.78 is 11.6. The van der Waals surface area contributed by atoms with E-state index in [-0.39, 0.29) is 6.04 Å². The molecule has 0 spiro atoms. The molecule has 0 fully saturated rings. The second kappa shape index (κ2) is 7.48. The molecule has 0 saturated carbocycles. The molecule has 1 aromatic heterocycles. The largest absolute Gasteiger partial charge is 0.491 e. The van der Waals surface area contributed by atoms with Crippen molar-refractivity contribution < 1.29 is 9.15 Å². The molecule has 0 unspecified atom stereocenters. The predicted molar refractivity (Wildman–Crippen MR) is 99.3 cm³/mol. The van der Waals surface area contributed by atoms with Gasteiger partial charge in [0.05, 0.1) is 11.1 Å². The first-order valence-corrected chi connectivity index (χ1v) is 9.06. The minimum absolute atomic E-state index is 0.0564. The van der Waals surface area contributed by atoms with Crippen LogP contribution in [0.2, 0.25) is 5.02 Å². The zero-order valence-electron chi connectivity index (χ0n) is 14.6. The average molecular weight is 370 g/mol. The fraction of sp³-hybridized carbons (Fsp3) is 0.300. The number of fused-ring (bicyclic) bond motifs is 1. The lowest BCUT2D eigenvalue weighted by Gasteiger charge is -2.34. The molecular formula is C20H20ClN3O2. The fourth-order valence-electron chi connectivity index (χ4n) is 3.34. The van der Waals surface area contributed by atoms with E-state index in [1.165, 1.54) is 11.1 Å². The summed E-state index contributed by atoms with van der Waals surface area (Å²) in [6, 6.07) is 16.1. The topological polar surface area (TPSA) is 51.4 Å². The molecular weight excluding hydrogens is 350 g/mol. The molecule has 0 aliphatic carbocycles. The van der Waals surface area contributed by atoms with Gasteiger partial charge >= 0.3 is 0 Å². The number of hydrogen-bond donors (Lipinski definition) is 0. The van der Waals surface area contributed by atoms with Gasteiger partial charge in [0.25, 0.3) is 0 Å². The highest BCUT2D eigenvalue weighted by molar-refractivity contribution is 6.32. The minimum atomic E-state index is 0.0564. The van der Waals surface area contributed by atoms with E-state index in [2.05, 4.69) is 39.4 Å². The monoisotopic (exact) mass is 369 g/mol. The highest BCUT2D eigenvalue weighted by atomic mass is 35.5. The van der Waals surface area contributed by atoms with Crippen molar-refractivity contribution in [3.05, 3.63) is 76.5 Å². The van der Waals surface area contributed by atoms with E-state index in [1.807, 2.05) is 31.2 Å². The van der Waals surface area contributed by atoms with Gasteiger partial charge < -0.3 is 9.15 Å². The molecule has 0 amide bonds. The summed E-state index contributed by atoms with van der Waals surface area (Å²) in [5, 5.41) is 8.88. The molecule has 2 heterocycles. The molecule has 0 bridgehead atoms. The standard InChI is InChI=1S/C20H20ClN3O2/c1-14-22-23-20(26-14)18-12-15-6-2-3-7-16(15)13-24(18)10-11-25-19-9-5-4-8-17(19)21/h2-9,18H,10-13H2,1H3/t18-/m0/s1. The zero-order chi connectivity index (χ0) is 17.9. The molecule has 1 aliphatic rings. The van der Waals surface area contributed by atoms with Gasteiger partial charge in [0.2, 0.25) is 11.8 Å². The number of aryl methyl sites for hydroxylation is 1. The molecule has 1 atom stereocenters. The molecule has 5 nitrogen and oxygen atoms in total. The van der Waals surface area contributed by atoms with E-state index in [4.69, 9.17) is 20.8 Å². The van der Waals surface area contributed by atoms with Gasteiger partial charge in [0.15, 0.2) is 0 Å². The van der Waals surface area contributed by atoms with Crippen molar-refractivity contribution in [2.75, 3.05) is 13.2 Å². The molecule has 0 N–H and O–H groups in total. The van der Waals surface area contributed by atoms with Crippen LogP contribution in [0, 0.1) is 6.92 Å². The number of aromatic nitrogens is 2. The molecule has 4 rings (SSSR count). The number of rotatable bonds is 5. The second-order valence-corrected chi connectivity index (χ2v) is 6.80. The summed E-state index contributed by atoms with van der Waals surface area (Å²) in [5.74, 6) is 1.96. The zero-order valence-corrected chi connectivity index (χ0v) is 15.3. The lowest BCUT2D eigenvalue weighted by Crippen LogP contribution is -2.37. The van der Waals surface area contributed by atoms with Gasteiger partial charge in [-0.2, -0.15) is 0 Å². The van der Waals surface area contributed by atoms with Crippen molar-refractivity contribution in [1.82, 2.24) is 15.1 Å². The first kappa shape index (κ1) is 17.1. The van der Waals surface area contributed by atoms with Gasteiger partial charge in [-0.3, -0.25) is 4.90 Å². The van der Waals surface area contributed by atoms with E-state index in [0.717, 1.165) is 19.5 Å². The number of nitrogens with zero attached hydrogens (tertiary/aromatic N) is 3. The van der Waals surface area contributed by atoms with Crippen LogP contribution in [-0.4, -0.2) is 28.2 Å². The Bertz CT molecular complexity index is 896. The molecule has 6 heteroatoms. The Balaban J connectivity index is 1.51. The average Bonchev–Trinajstić information content (AvgIpc) is 3.09. The molecule has 1 aliphatic heterocycles. The summed E-state index contributed by atoms with van der Waals surface area (Å²) in [7, 11) is 0. The number of benzene rings is 2. The van der Waals surface area contributed by atoms with Gasteiger partial charge in [-0.05, 0) is 29.7 Å². The lowest BCUT2D eigenvalue weighted by molar-refractivity contribution is 0.121. The molecule has 0 saturated heterocycles. The van der Waals surface area contributed by atoms with Crippen molar-refractivity contribution in [2.45, 2.75) is 25.9 Å². The van der Waals surface area contributed by atoms with Gasteiger partial charge in [-0.25, -0.2) is 0 Å². The van der Waals surface area contributed by atoms with Crippen LogP contribution in [-0.2, 0) is 13.0 Å². The van der Waals surface area contributed by atoms with Crippen molar-refractivity contribution in [1.29, 1.82) is 0 Å². The maximum Gasteiger partial charge on any atom is 0.233 e. The summed E-state index contributed by atoms with van der Waals surface area (Å²) >= 11 is 6.17. The number of para-hydroxylation sites is 1. The molecule has 0 radical (unpaired) electrons. The van der Waals surface area contributed by atoms with Crippen molar-refractivity contribution in [3.63, 3.8) is 0 Å². The van der Waals surface area contributed by atoms with Gasteiger partial charge in [0.1, 0.15) is 12.4 Å². The van der Waals surface area contributed by atoms with Gasteiger partial charge in [-0.15, -0.1) is 10.2 Å². The van der Waals surface area contributed by atoms with Crippen LogP contribution in [0.4, 0.5) is 0 Å². The third-order valence-corrected chi connectivity index (χ3v) is 4.96. The number of halogens is 1.